The van der Waals surface area contributed by atoms with Crippen molar-refractivity contribution in [3.8, 4) is 11.3 Å². The highest BCUT2D eigenvalue weighted by Crippen LogP contribution is 2.28. The van der Waals surface area contributed by atoms with Gasteiger partial charge in [-0.1, -0.05) is 45.0 Å². The fourth-order valence-electron chi connectivity index (χ4n) is 6.42. The first-order valence-electron chi connectivity index (χ1n) is 17.3. The highest BCUT2D eigenvalue weighted by molar-refractivity contribution is 5.93. The summed E-state index contributed by atoms with van der Waals surface area (Å²) in [6.45, 7) is 18.4. The average Bonchev–Trinajstić information content (AvgIpc) is 3.67. The Bertz CT molecular complexity index is 1450. The molecule has 2 aromatic rings. The van der Waals surface area contributed by atoms with Gasteiger partial charge in [0, 0.05) is 65.4 Å². The topological polar surface area (TPSA) is 149 Å². The molecule has 0 saturated carbocycles. The van der Waals surface area contributed by atoms with Crippen molar-refractivity contribution in [1.29, 1.82) is 0 Å². The molecule has 2 aliphatic heterocycles. The van der Waals surface area contributed by atoms with Gasteiger partial charge in [-0.2, -0.15) is 5.10 Å². The van der Waals surface area contributed by atoms with Crippen LogP contribution in [0.2, 0.25) is 0 Å². The lowest BCUT2D eigenvalue weighted by atomic mass is 9.85. The standard InChI is InChI=1S/C36H55N7O6/c1-9-43-29(14-16-37-43)26-12-10-25(11-13-26)28(15-17-40-18-20-41(21-19-40)34(48)49-36(6,7)8)39-32(46)30-22-27(45)23-42(30)33(47)31(35(3,4)5)38-24(2)44/h10-14,16,27-28,30-31,45H,9,15,17-23H2,1-8H3,(H,38,44)(H,39,46)/t27-,28+,30+,31-/m1/s1. The molecule has 0 unspecified atom stereocenters. The monoisotopic (exact) mass is 681 g/mol. The van der Waals surface area contributed by atoms with Gasteiger partial charge in [0.2, 0.25) is 17.7 Å². The number of carbonyl (C=O) groups excluding carboxylic acids is 4. The minimum atomic E-state index is -0.890. The van der Waals surface area contributed by atoms with Gasteiger partial charge in [-0.3, -0.25) is 24.0 Å². The maximum absolute atomic E-state index is 14.0. The molecule has 0 aliphatic carbocycles. The third-order valence-electron chi connectivity index (χ3n) is 9.02. The molecule has 4 atom stereocenters. The lowest BCUT2D eigenvalue weighted by molar-refractivity contribution is -0.144. The predicted octanol–water partition coefficient (Wildman–Crippen LogP) is 3.18. The van der Waals surface area contributed by atoms with E-state index in [0.717, 1.165) is 23.4 Å². The molecule has 2 saturated heterocycles. The maximum atomic E-state index is 14.0. The zero-order chi connectivity index (χ0) is 36.1. The van der Waals surface area contributed by atoms with E-state index in [9.17, 15) is 24.3 Å². The fraction of sp³-hybridized carbons (Fsp3) is 0.639. The number of nitrogens with zero attached hydrogens (tertiary/aromatic N) is 5. The zero-order valence-electron chi connectivity index (χ0n) is 30.4. The number of rotatable bonds is 10. The molecule has 270 valence electrons. The van der Waals surface area contributed by atoms with Gasteiger partial charge in [0.15, 0.2) is 0 Å². The number of amides is 4. The number of carbonyl (C=O) groups is 4. The number of hydrogen-bond acceptors (Lipinski definition) is 8. The first kappa shape index (κ1) is 37.8. The summed E-state index contributed by atoms with van der Waals surface area (Å²) in [6.07, 6.45) is 1.29. The summed E-state index contributed by atoms with van der Waals surface area (Å²) in [6, 6.07) is 7.90. The summed E-state index contributed by atoms with van der Waals surface area (Å²) in [5.74, 6) is -1.09. The van der Waals surface area contributed by atoms with Crippen molar-refractivity contribution in [2.45, 2.75) is 105 Å². The van der Waals surface area contributed by atoms with E-state index in [0.29, 0.717) is 39.1 Å². The molecule has 2 fully saturated rings. The Morgan fingerprint density at radius 3 is 2.20 bits per heavy atom. The van der Waals surface area contributed by atoms with Crippen LogP contribution in [0, 0.1) is 5.41 Å². The number of piperazine rings is 1. The molecule has 4 amide bonds. The molecule has 2 aliphatic rings. The molecule has 1 aromatic carbocycles. The summed E-state index contributed by atoms with van der Waals surface area (Å²) in [5, 5.41) is 21.0. The Morgan fingerprint density at radius 2 is 1.63 bits per heavy atom. The van der Waals surface area contributed by atoms with Gasteiger partial charge in [-0.25, -0.2) is 4.79 Å². The number of aliphatic hydroxyl groups is 1. The van der Waals surface area contributed by atoms with Gasteiger partial charge >= 0.3 is 6.09 Å². The van der Waals surface area contributed by atoms with Crippen molar-refractivity contribution >= 4 is 23.8 Å². The maximum Gasteiger partial charge on any atom is 0.410 e. The van der Waals surface area contributed by atoms with Gasteiger partial charge in [0.05, 0.1) is 17.8 Å². The summed E-state index contributed by atoms with van der Waals surface area (Å²) in [7, 11) is 0. The molecule has 3 N–H and O–H groups in total. The number of aromatic nitrogens is 2. The Kier molecular flexibility index (Phi) is 12.1. The predicted molar refractivity (Wildman–Crippen MR) is 186 cm³/mol. The fourth-order valence-corrected chi connectivity index (χ4v) is 6.42. The van der Waals surface area contributed by atoms with Gasteiger partial charge in [-0.15, -0.1) is 0 Å². The van der Waals surface area contributed by atoms with Crippen LogP contribution >= 0.6 is 0 Å². The molecule has 0 radical (unpaired) electrons. The van der Waals surface area contributed by atoms with E-state index in [1.54, 1.807) is 11.1 Å². The van der Waals surface area contributed by atoms with E-state index >= 15 is 0 Å². The smallest absolute Gasteiger partial charge is 0.410 e. The molecule has 0 spiro atoms. The van der Waals surface area contributed by atoms with Crippen LogP contribution in [0.15, 0.2) is 36.5 Å². The van der Waals surface area contributed by atoms with Crippen molar-refractivity contribution in [3.05, 3.63) is 42.1 Å². The lowest BCUT2D eigenvalue weighted by Gasteiger charge is -2.36. The third kappa shape index (κ3) is 10.0. The summed E-state index contributed by atoms with van der Waals surface area (Å²) in [4.78, 5) is 57.8. The zero-order valence-corrected chi connectivity index (χ0v) is 30.4. The number of nitrogens with one attached hydrogen (secondary N) is 2. The third-order valence-corrected chi connectivity index (χ3v) is 9.02. The van der Waals surface area contributed by atoms with Gasteiger partial charge in [0.25, 0.3) is 0 Å². The number of aryl methyl sites for hydroxylation is 1. The normalized spacial score (nSPS) is 20.1. The van der Waals surface area contributed by atoms with E-state index in [1.807, 2.05) is 83.5 Å². The molecule has 3 heterocycles. The molecule has 1 aromatic heterocycles. The Morgan fingerprint density at radius 1 is 0.980 bits per heavy atom. The largest absolute Gasteiger partial charge is 0.444 e. The number of β-amino-alcohol motifs (C(OH)–C–C–N with tert-alkyl or cyclic N) is 1. The number of hydrogen-bond donors (Lipinski definition) is 3. The molecule has 13 heteroatoms. The van der Waals surface area contributed by atoms with Crippen molar-refractivity contribution < 1.29 is 29.0 Å². The van der Waals surface area contributed by atoms with Gasteiger partial charge in [0.1, 0.15) is 17.7 Å². The van der Waals surface area contributed by atoms with Crippen LogP contribution in [0.25, 0.3) is 11.3 Å². The number of aliphatic hydroxyl groups excluding tert-OH is 1. The number of benzene rings is 1. The molecule has 49 heavy (non-hydrogen) atoms. The van der Waals surface area contributed by atoms with Crippen molar-refractivity contribution in [3.63, 3.8) is 0 Å². The average molecular weight is 682 g/mol. The van der Waals surface area contributed by atoms with E-state index < -0.39 is 35.1 Å². The molecule has 4 rings (SSSR count). The second-order valence-electron chi connectivity index (χ2n) is 15.2. The van der Waals surface area contributed by atoms with Gasteiger partial charge < -0.3 is 30.3 Å². The van der Waals surface area contributed by atoms with Crippen molar-refractivity contribution in [2.75, 3.05) is 39.3 Å². The molecular formula is C36H55N7O6. The van der Waals surface area contributed by atoms with E-state index in [2.05, 4.69) is 20.6 Å². The molecule has 13 nitrogen and oxygen atoms in total. The minimum Gasteiger partial charge on any atom is -0.444 e. The minimum absolute atomic E-state index is 0.00941. The van der Waals surface area contributed by atoms with Crippen LogP contribution in [-0.4, -0.2) is 116 Å². The lowest BCUT2D eigenvalue weighted by Crippen LogP contribution is -2.57. The quantitative estimate of drug-likeness (QED) is 0.346. The SMILES string of the molecule is CCn1nccc1-c1ccc([C@H](CCN2CCN(C(=O)OC(C)(C)C)CC2)NC(=O)[C@@H]2C[C@@H](O)CN2C(=O)[C@@H](NC(C)=O)C(C)(C)C)cc1. The molecule has 0 bridgehead atoms. The van der Waals surface area contributed by atoms with Crippen LogP contribution in [-0.2, 0) is 25.7 Å². The van der Waals surface area contributed by atoms with Crippen LogP contribution in [0.5, 0.6) is 0 Å². The highest BCUT2D eigenvalue weighted by Gasteiger charge is 2.44. The van der Waals surface area contributed by atoms with Crippen molar-refractivity contribution in [2.24, 2.45) is 5.41 Å². The van der Waals surface area contributed by atoms with Crippen LogP contribution in [0.3, 0.4) is 0 Å². The first-order chi connectivity index (χ1) is 23.0. The van der Waals surface area contributed by atoms with Crippen LogP contribution < -0.4 is 10.6 Å². The van der Waals surface area contributed by atoms with Crippen molar-refractivity contribution in [1.82, 2.24) is 35.1 Å². The summed E-state index contributed by atoms with van der Waals surface area (Å²) in [5.41, 5.74) is 1.75. The van der Waals surface area contributed by atoms with Crippen LogP contribution in [0.4, 0.5) is 4.79 Å². The highest BCUT2D eigenvalue weighted by atomic mass is 16.6. The van der Waals surface area contributed by atoms with Crippen LogP contribution in [0.1, 0.15) is 79.8 Å². The Labute approximate surface area is 290 Å². The summed E-state index contributed by atoms with van der Waals surface area (Å²) >= 11 is 0. The Hall–Kier alpha value is -3.97. The number of likely N-dealkylation sites (tertiary alicyclic amines) is 1. The second kappa shape index (κ2) is 15.7. The molecular weight excluding hydrogens is 626 g/mol. The van der Waals surface area contributed by atoms with E-state index in [-0.39, 0.29) is 36.9 Å². The summed E-state index contributed by atoms with van der Waals surface area (Å²) < 4.78 is 7.47. The Balaban J connectivity index is 1.51. The first-order valence-corrected chi connectivity index (χ1v) is 17.3. The van der Waals surface area contributed by atoms with E-state index in [1.165, 1.54) is 11.8 Å². The number of ether oxygens (including phenoxy) is 1. The second-order valence-corrected chi connectivity index (χ2v) is 15.2. The van der Waals surface area contributed by atoms with Gasteiger partial charge in [-0.05, 0) is 56.7 Å². The van der Waals surface area contributed by atoms with E-state index in [4.69, 9.17) is 4.74 Å².